The Morgan fingerprint density at radius 1 is 1.38 bits per heavy atom. The number of hydrogen-bond acceptors (Lipinski definition) is 3. The van der Waals surface area contributed by atoms with E-state index in [1.165, 1.54) is 29.5 Å². The lowest BCUT2D eigenvalue weighted by Crippen LogP contribution is -2.28. The minimum Gasteiger partial charge on any atom is -0.366 e. The number of rotatable bonds is 6. The van der Waals surface area contributed by atoms with Crippen LogP contribution in [0.1, 0.15) is 27.7 Å². The molecule has 0 aliphatic carbocycles. The third-order valence-corrected chi connectivity index (χ3v) is 4.07. The molecule has 0 saturated heterocycles. The van der Waals surface area contributed by atoms with E-state index in [1.54, 1.807) is 11.4 Å². The van der Waals surface area contributed by atoms with E-state index in [2.05, 4.69) is 5.32 Å². The fraction of sp³-hybridized carbons (Fsp3) is 0.267. The summed E-state index contributed by atoms with van der Waals surface area (Å²) in [4.78, 5) is 11.9. The molecular formula is C15H16F2N2OS. The molecule has 0 spiro atoms. The fourth-order valence-corrected chi connectivity index (χ4v) is 2.81. The summed E-state index contributed by atoms with van der Waals surface area (Å²) in [6.45, 7) is 2.38. The van der Waals surface area contributed by atoms with E-state index in [0.29, 0.717) is 12.1 Å². The van der Waals surface area contributed by atoms with Crippen molar-refractivity contribution in [3.8, 4) is 0 Å². The maximum absolute atomic E-state index is 13.5. The molecule has 1 aromatic heterocycles. The van der Waals surface area contributed by atoms with Crippen molar-refractivity contribution in [3.63, 3.8) is 0 Å². The molecule has 0 aliphatic rings. The smallest absolute Gasteiger partial charge is 0.249 e. The monoisotopic (exact) mass is 310 g/mol. The molecule has 0 saturated carbocycles. The number of nitrogens with one attached hydrogen (secondary N) is 1. The van der Waals surface area contributed by atoms with Crippen LogP contribution in [0.25, 0.3) is 0 Å². The van der Waals surface area contributed by atoms with Gasteiger partial charge in [0.05, 0.1) is 5.56 Å². The van der Waals surface area contributed by atoms with Crippen LogP contribution in [-0.2, 0) is 13.0 Å². The Balaban J connectivity index is 1.92. The SMILES string of the molecule is CC(Cc1c(F)cccc1F)NCc1cc(C(N)=O)cs1. The zero-order valence-electron chi connectivity index (χ0n) is 11.5. The van der Waals surface area contributed by atoms with Crippen molar-refractivity contribution < 1.29 is 13.6 Å². The van der Waals surface area contributed by atoms with Crippen LogP contribution in [0.15, 0.2) is 29.6 Å². The Morgan fingerprint density at radius 3 is 2.62 bits per heavy atom. The number of thiophene rings is 1. The van der Waals surface area contributed by atoms with Gasteiger partial charge in [0, 0.05) is 28.4 Å². The molecule has 3 nitrogen and oxygen atoms in total. The minimum atomic E-state index is -0.532. The van der Waals surface area contributed by atoms with Crippen LogP contribution < -0.4 is 11.1 Å². The second-order valence-electron chi connectivity index (χ2n) is 4.85. The minimum absolute atomic E-state index is 0.0847. The molecule has 6 heteroatoms. The van der Waals surface area contributed by atoms with Gasteiger partial charge in [-0.15, -0.1) is 11.3 Å². The predicted molar refractivity (Wildman–Crippen MR) is 79.2 cm³/mol. The molecular weight excluding hydrogens is 294 g/mol. The van der Waals surface area contributed by atoms with Gasteiger partial charge in [0.2, 0.25) is 5.91 Å². The van der Waals surface area contributed by atoms with Gasteiger partial charge in [-0.1, -0.05) is 6.07 Å². The number of carbonyl (C=O) groups is 1. The molecule has 112 valence electrons. The van der Waals surface area contributed by atoms with E-state index in [0.717, 1.165) is 4.88 Å². The van der Waals surface area contributed by atoms with Gasteiger partial charge in [0.25, 0.3) is 0 Å². The molecule has 1 aromatic carbocycles. The highest BCUT2D eigenvalue weighted by Gasteiger charge is 2.13. The molecule has 3 N–H and O–H groups in total. The average molecular weight is 310 g/mol. The lowest BCUT2D eigenvalue weighted by atomic mass is 10.1. The van der Waals surface area contributed by atoms with Crippen LogP contribution in [0.2, 0.25) is 0 Å². The molecule has 0 bridgehead atoms. The molecule has 2 aromatic rings. The first-order valence-corrected chi connectivity index (χ1v) is 7.39. The second-order valence-corrected chi connectivity index (χ2v) is 5.85. The molecule has 0 fully saturated rings. The van der Waals surface area contributed by atoms with Gasteiger partial charge in [0.15, 0.2) is 0 Å². The van der Waals surface area contributed by atoms with Gasteiger partial charge in [-0.25, -0.2) is 8.78 Å². The van der Waals surface area contributed by atoms with Crippen molar-refractivity contribution in [2.24, 2.45) is 5.73 Å². The first-order valence-electron chi connectivity index (χ1n) is 6.51. The van der Waals surface area contributed by atoms with Crippen molar-refractivity contribution in [1.82, 2.24) is 5.32 Å². The number of halogens is 2. The van der Waals surface area contributed by atoms with E-state index in [-0.39, 0.29) is 18.0 Å². The van der Waals surface area contributed by atoms with Crippen LogP contribution in [0.3, 0.4) is 0 Å². The Morgan fingerprint density at radius 2 is 2.05 bits per heavy atom. The largest absolute Gasteiger partial charge is 0.366 e. The fourth-order valence-electron chi connectivity index (χ4n) is 1.98. The Hall–Kier alpha value is -1.79. The van der Waals surface area contributed by atoms with Crippen molar-refractivity contribution in [3.05, 3.63) is 57.3 Å². The van der Waals surface area contributed by atoms with Gasteiger partial charge < -0.3 is 11.1 Å². The Kier molecular flexibility index (Phi) is 5.03. The Labute approximate surface area is 125 Å². The van der Waals surface area contributed by atoms with E-state index in [4.69, 9.17) is 5.73 Å². The number of benzene rings is 1. The third kappa shape index (κ3) is 4.09. The summed E-state index contributed by atoms with van der Waals surface area (Å²) in [5.74, 6) is -1.52. The topological polar surface area (TPSA) is 55.1 Å². The van der Waals surface area contributed by atoms with Gasteiger partial charge in [0.1, 0.15) is 11.6 Å². The highest BCUT2D eigenvalue weighted by Crippen LogP contribution is 2.16. The van der Waals surface area contributed by atoms with Gasteiger partial charge in [-0.2, -0.15) is 0 Å². The standard InChI is InChI=1S/C15H16F2N2OS/c1-9(5-12-13(16)3-2-4-14(12)17)19-7-11-6-10(8-21-11)15(18)20/h2-4,6,8-9,19H,5,7H2,1H3,(H2,18,20). The number of nitrogens with two attached hydrogens (primary N) is 1. The van der Waals surface area contributed by atoms with Crippen LogP contribution in [0, 0.1) is 11.6 Å². The molecule has 1 unspecified atom stereocenters. The van der Waals surface area contributed by atoms with Crippen LogP contribution in [-0.4, -0.2) is 11.9 Å². The Bertz CT molecular complexity index is 622. The lowest BCUT2D eigenvalue weighted by Gasteiger charge is -2.14. The first kappa shape index (κ1) is 15.6. The molecule has 1 atom stereocenters. The highest BCUT2D eigenvalue weighted by atomic mass is 32.1. The second kappa shape index (κ2) is 6.78. The van der Waals surface area contributed by atoms with Gasteiger partial charge >= 0.3 is 0 Å². The molecule has 1 amide bonds. The zero-order valence-corrected chi connectivity index (χ0v) is 12.3. The summed E-state index contributed by atoms with van der Waals surface area (Å²) in [6, 6.07) is 5.47. The molecule has 21 heavy (non-hydrogen) atoms. The highest BCUT2D eigenvalue weighted by molar-refractivity contribution is 7.10. The summed E-state index contributed by atoms with van der Waals surface area (Å²) in [5.41, 5.74) is 5.74. The third-order valence-electron chi connectivity index (χ3n) is 3.14. The number of carbonyl (C=O) groups excluding carboxylic acids is 1. The van der Waals surface area contributed by atoms with Crippen LogP contribution in [0.4, 0.5) is 8.78 Å². The number of amides is 1. The van der Waals surface area contributed by atoms with Crippen LogP contribution in [0.5, 0.6) is 0 Å². The summed E-state index contributed by atoms with van der Waals surface area (Å²) in [5, 5.41) is 4.87. The maximum atomic E-state index is 13.5. The summed E-state index contributed by atoms with van der Waals surface area (Å²) >= 11 is 1.42. The van der Waals surface area contributed by atoms with E-state index in [9.17, 15) is 13.6 Å². The zero-order chi connectivity index (χ0) is 15.4. The van der Waals surface area contributed by atoms with Crippen molar-refractivity contribution in [1.29, 1.82) is 0 Å². The maximum Gasteiger partial charge on any atom is 0.249 e. The molecule has 0 aliphatic heterocycles. The normalized spacial score (nSPS) is 12.3. The quantitative estimate of drug-likeness (QED) is 0.862. The average Bonchev–Trinajstić information content (AvgIpc) is 2.90. The molecule has 2 rings (SSSR count). The van der Waals surface area contributed by atoms with Crippen molar-refractivity contribution in [2.75, 3.05) is 0 Å². The molecule has 0 radical (unpaired) electrons. The molecule has 1 heterocycles. The number of hydrogen-bond donors (Lipinski definition) is 2. The first-order chi connectivity index (χ1) is 9.97. The summed E-state index contributed by atoms with van der Waals surface area (Å²) in [6.07, 6.45) is 0.257. The van der Waals surface area contributed by atoms with E-state index in [1.807, 2.05) is 6.92 Å². The van der Waals surface area contributed by atoms with Crippen LogP contribution >= 0.6 is 11.3 Å². The number of primary amides is 1. The summed E-state index contributed by atoms with van der Waals surface area (Å²) < 4.78 is 27.1. The van der Waals surface area contributed by atoms with E-state index < -0.39 is 17.5 Å². The lowest BCUT2D eigenvalue weighted by molar-refractivity contribution is 0.100. The van der Waals surface area contributed by atoms with E-state index >= 15 is 0 Å². The summed E-state index contributed by atoms with van der Waals surface area (Å²) in [7, 11) is 0. The van der Waals surface area contributed by atoms with Gasteiger partial charge in [-0.3, -0.25) is 4.79 Å². The predicted octanol–water partition coefficient (Wildman–Crippen LogP) is 2.85. The van der Waals surface area contributed by atoms with Crippen molar-refractivity contribution >= 4 is 17.2 Å². The van der Waals surface area contributed by atoms with Gasteiger partial charge in [-0.05, 0) is 31.5 Å². The van der Waals surface area contributed by atoms with Crippen molar-refractivity contribution in [2.45, 2.75) is 25.9 Å².